The number of hydrogen-bond acceptors (Lipinski definition) is 7. The molecule has 2 aliphatic rings. The largest absolute Gasteiger partial charge is 0.365 e. The van der Waals surface area contributed by atoms with Gasteiger partial charge in [-0.3, -0.25) is 5.10 Å². The van der Waals surface area contributed by atoms with Crippen molar-refractivity contribution < 1.29 is 9.26 Å². The number of halogens is 1. The lowest BCUT2D eigenvalue weighted by atomic mass is 10.1. The molecule has 0 amide bonds. The molecule has 1 aliphatic heterocycles. The van der Waals surface area contributed by atoms with Crippen LogP contribution in [0.4, 0.5) is 0 Å². The fourth-order valence-electron chi connectivity index (χ4n) is 3.58. The number of aromatic amines is 1. The van der Waals surface area contributed by atoms with Gasteiger partial charge in [-0.05, 0) is 25.0 Å². The minimum atomic E-state index is -0.184. The van der Waals surface area contributed by atoms with Crippen molar-refractivity contribution in [3.05, 3.63) is 52.3 Å². The molecule has 3 aromatic heterocycles. The standard InChI is InChI=1S/C19H16ClN7O2/c20-12-4-2-1-3-11(12)16-8-27-15(9-28-16)17(24-26-27)18-21-19(29-25-18)14-7-13(22-23-14)10-5-6-10/h1-4,7,10,16H,5-6,8-9H2,(H,22,23)/t16-/m1/s1. The van der Waals surface area contributed by atoms with Crippen molar-refractivity contribution in [3.8, 4) is 23.1 Å². The molecule has 1 N–H and O–H groups in total. The second-order valence-electron chi connectivity index (χ2n) is 7.29. The molecule has 10 heteroatoms. The topological polar surface area (TPSA) is 108 Å². The summed E-state index contributed by atoms with van der Waals surface area (Å²) in [6.45, 7) is 0.844. The van der Waals surface area contributed by atoms with Crippen LogP contribution in [-0.4, -0.2) is 35.3 Å². The van der Waals surface area contributed by atoms with E-state index in [1.165, 1.54) is 12.8 Å². The van der Waals surface area contributed by atoms with Crippen LogP contribution in [0.15, 0.2) is 34.9 Å². The number of benzene rings is 1. The molecule has 4 aromatic rings. The van der Waals surface area contributed by atoms with E-state index in [4.69, 9.17) is 20.9 Å². The van der Waals surface area contributed by atoms with E-state index in [-0.39, 0.29) is 6.10 Å². The maximum atomic E-state index is 6.31. The maximum Gasteiger partial charge on any atom is 0.278 e. The zero-order chi connectivity index (χ0) is 19.4. The summed E-state index contributed by atoms with van der Waals surface area (Å²) in [4.78, 5) is 4.46. The van der Waals surface area contributed by atoms with Gasteiger partial charge in [0.1, 0.15) is 6.10 Å². The second-order valence-corrected chi connectivity index (χ2v) is 7.70. The summed E-state index contributed by atoms with van der Waals surface area (Å²) >= 11 is 6.31. The summed E-state index contributed by atoms with van der Waals surface area (Å²) in [5.41, 5.74) is 4.04. The third-order valence-electron chi connectivity index (χ3n) is 5.32. The van der Waals surface area contributed by atoms with Gasteiger partial charge in [0.05, 0.1) is 18.8 Å². The fraction of sp³-hybridized carbons (Fsp3) is 0.316. The Labute approximate surface area is 170 Å². The van der Waals surface area contributed by atoms with Crippen LogP contribution < -0.4 is 0 Å². The minimum absolute atomic E-state index is 0.184. The Morgan fingerprint density at radius 2 is 2.10 bits per heavy atom. The Kier molecular flexibility index (Phi) is 3.78. The van der Waals surface area contributed by atoms with Crippen molar-refractivity contribution in [2.75, 3.05) is 0 Å². The molecule has 0 unspecified atom stereocenters. The number of fused-ring (bicyclic) bond motifs is 1. The van der Waals surface area contributed by atoms with Crippen molar-refractivity contribution >= 4 is 11.6 Å². The molecule has 29 heavy (non-hydrogen) atoms. The highest BCUT2D eigenvalue weighted by Crippen LogP contribution is 2.40. The lowest BCUT2D eigenvalue weighted by Crippen LogP contribution is -2.22. The smallest absolute Gasteiger partial charge is 0.278 e. The molecular formula is C19H16ClN7O2. The van der Waals surface area contributed by atoms with Gasteiger partial charge in [0.2, 0.25) is 5.82 Å². The zero-order valence-corrected chi connectivity index (χ0v) is 16.0. The van der Waals surface area contributed by atoms with Gasteiger partial charge in [-0.15, -0.1) is 5.10 Å². The van der Waals surface area contributed by atoms with E-state index in [0.717, 1.165) is 17.0 Å². The number of nitrogens with one attached hydrogen (secondary N) is 1. The summed E-state index contributed by atoms with van der Waals surface area (Å²) in [6, 6.07) is 9.62. The molecule has 1 saturated carbocycles. The quantitative estimate of drug-likeness (QED) is 0.549. The highest BCUT2D eigenvalue weighted by Gasteiger charge is 2.29. The monoisotopic (exact) mass is 409 g/mol. The summed E-state index contributed by atoms with van der Waals surface area (Å²) < 4.78 is 13.2. The van der Waals surface area contributed by atoms with E-state index in [9.17, 15) is 0 Å². The second kappa shape index (κ2) is 6.50. The van der Waals surface area contributed by atoms with E-state index in [0.29, 0.717) is 47.2 Å². The lowest BCUT2D eigenvalue weighted by Gasteiger charge is -2.24. The molecule has 0 spiro atoms. The molecule has 0 radical (unpaired) electrons. The lowest BCUT2D eigenvalue weighted by molar-refractivity contribution is -0.00106. The number of H-pyrrole nitrogens is 1. The molecule has 4 heterocycles. The van der Waals surface area contributed by atoms with Crippen molar-refractivity contribution in [2.24, 2.45) is 0 Å². The molecule has 0 saturated heterocycles. The van der Waals surface area contributed by atoms with Gasteiger partial charge in [0, 0.05) is 22.2 Å². The average Bonchev–Trinajstić information content (AvgIpc) is 3.15. The Morgan fingerprint density at radius 3 is 2.97 bits per heavy atom. The maximum absolute atomic E-state index is 6.31. The van der Waals surface area contributed by atoms with Crippen LogP contribution in [0.25, 0.3) is 23.1 Å². The van der Waals surface area contributed by atoms with Gasteiger partial charge in [0.25, 0.3) is 5.89 Å². The highest BCUT2D eigenvalue weighted by molar-refractivity contribution is 6.31. The van der Waals surface area contributed by atoms with Crippen molar-refractivity contribution in [2.45, 2.75) is 38.0 Å². The van der Waals surface area contributed by atoms with Crippen LogP contribution in [0.5, 0.6) is 0 Å². The van der Waals surface area contributed by atoms with Crippen molar-refractivity contribution in [1.29, 1.82) is 0 Å². The average molecular weight is 410 g/mol. The molecular weight excluding hydrogens is 394 g/mol. The van der Waals surface area contributed by atoms with Gasteiger partial charge in [-0.1, -0.05) is 40.2 Å². The molecule has 6 rings (SSSR count). The molecule has 0 bridgehead atoms. The summed E-state index contributed by atoms with van der Waals surface area (Å²) in [6.07, 6.45) is 2.20. The molecule has 1 atom stereocenters. The van der Waals surface area contributed by atoms with Crippen LogP contribution in [0, 0.1) is 0 Å². The first kappa shape index (κ1) is 16.9. The van der Waals surface area contributed by atoms with Gasteiger partial charge in [-0.2, -0.15) is 10.1 Å². The Morgan fingerprint density at radius 1 is 1.21 bits per heavy atom. The summed E-state index contributed by atoms with van der Waals surface area (Å²) in [5, 5.41) is 20.6. The fourth-order valence-corrected chi connectivity index (χ4v) is 3.84. The number of rotatable bonds is 4. The molecule has 1 aromatic carbocycles. The predicted octanol–water partition coefficient (Wildman–Crippen LogP) is 3.52. The predicted molar refractivity (Wildman–Crippen MR) is 102 cm³/mol. The summed E-state index contributed by atoms with van der Waals surface area (Å²) in [7, 11) is 0. The number of ether oxygens (including phenoxy) is 1. The van der Waals surface area contributed by atoms with Crippen LogP contribution in [-0.2, 0) is 17.9 Å². The first-order valence-corrected chi connectivity index (χ1v) is 9.82. The van der Waals surface area contributed by atoms with Crippen LogP contribution >= 0.6 is 11.6 Å². The molecule has 1 aliphatic carbocycles. The molecule has 1 fully saturated rings. The Balaban J connectivity index is 1.27. The van der Waals surface area contributed by atoms with Crippen molar-refractivity contribution in [3.63, 3.8) is 0 Å². The molecule has 9 nitrogen and oxygen atoms in total. The van der Waals surface area contributed by atoms with Crippen LogP contribution in [0.2, 0.25) is 5.02 Å². The van der Waals surface area contributed by atoms with Crippen molar-refractivity contribution in [1.82, 2.24) is 35.3 Å². The first-order valence-electron chi connectivity index (χ1n) is 9.44. The van der Waals surface area contributed by atoms with Gasteiger partial charge < -0.3 is 9.26 Å². The number of hydrogen-bond donors (Lipinski definition) is 1. The van der Waals surface area contributed by atoms with Gasteiger partial charge in [-0.25, -0.2) is 4.68 Å². The molecule has 146 valence electrons. The minimum Gasteiger partial charge on any atom is -0.365 e. The number of nitrogens with zero attached hydrogens (tertiary/aromatic N) is 6. The summed E-state index contributed by atoms with van der Waals surface area (Å²) in [5.74, 6) is 1.30. The normalized spacial score (nSPS) is 18.7. The van der Waals surface area contributed by atoms with Crippen LogP contribution in [0.1, 0.15) is 41.8 Å². The van der Waals surface area contributed by atoms with E-state index in [1.807, 2.05) is 35.0 Å². The van der Waals surface area contributed by atoms with E-state index in [2.05, 4.69) is 30.7 Å². The third-order valence-corrected chi connectivity index (χ3v) is 5.67. The SMILES string of the molecule is Clc1ccccc1[C@H]1Cn2nnc(-c3noc(-c4cc(C5CC5)[nH]n4)n3)c2CO1. The van der Waals surface area contributed by atoms with Gasteiger partial charge in [0.15, 0.2) is 11.4 Å². The zero-order valence-electron chi connectivity index (χ0n) is 15.2. The van der Waals surface area contributed by atoms with Gasteiger partial charge >= 0.3 is 0 Å². The Hall–Kier alpha value is -3.04. The van der Waals surface area contributed by atoms with E-state index >= 15 is 0 Å². The highest BCUT2D eigenvalue weighted by atomic mass is 35.5. The first-order chi connectivity index (χ1) is 14.3. The Bertz CT molecular complexity index is 1190. The van der Waals surface area contributed by atoms with E-state index in [1.54, 1.807) is 0 Å². The third kappa shape index (κ3) is 2.93. The van der Waals surface area contributed by atoms with Crippen LogP contribution in [0.3, 0.4) is 0 Å². The number of aromatic nitrogens is 7. The van der Waals surface area contributed by atoms with E-state index < -0.39 is 0 Å².